The predicted octanol–water partition coefficient (Wildman–Crippen LogP) is 5.49. The number of nitrogens with one attached hydrogen (secondary N) is 1. The zero-order valence-electron chi connectivity index (χ0n) is 17.6. The van der Waals surface area contributed by atoms with Gasteiger partial charge in [-0.05, 0) is 42.2 Å². The molecule has 1 atom stereocenters. The molecule has 158 valence electrons. The van der Waals surface area contributed by atoms with E-state index in [1.807, 2.05) is 18.2 Å². The number of anilines is 1. The molecule has 0 aliphatic heterocycles. The molecular formula is C26H25NO4. The third-order valence-electron chi connectivity index (χ3n) is 5.18. The van der Waals surface area contributed by atoms with E-state index < -0.39 is 5.97 Å². The molecule has 5 heteroatoms. The first-order chi connectivity index (χ1) is 15.0. The highest BCUT2D eigenvalue weighted by molar-refractivity contribution is 6.08. The number of carbonyl (C=O) groups excluding carboxylic acids is 3. The van der Waals surface area contributed by atoms with E-state index in [2.05, 4.69) is 19.2 Å². The lowest BCUT2D eigenvalue weighted by Gasteiger charge is -2.11. The lowest BCUT2D eigenvalue weighted by molar-refractivity contribution is 0.0475. The summed E-state index contributed by atoms with van der Waals surface area (Å²) >= 11 is 0. The molecule has 0 bridgehead atoms. The molecule has 0 saturated heterocycles. The normalized spacial score (nSPS) is 11.4. The van der Waals surface area contributed by atoms with E-state index in [0.717, 1.165) is 6.42 Å². The molecule has 0 unspecified atom stereocenters. The number of hydrogen-bond donors (Lipinski definition) is 1. The molecule has 0 heterocycles. The van der Waals surface area contributed by atoms with Crippen LogP contribution >= 0.6 is 0 Å². The van der Waals surface area contributed by atoms with Gasteiger partial charge >= 0.3 is 5.97 Å². The summed E-state index contributed by atoms with van der Waals surface area (Å²) in [4.78, 5) is 37.4. The van der Waals surface area contributed by atoms with Gasteiger partial charge in [0.25, 0.3) is 5.91 Å². The molecule has 3 aromatic rings. The number of esters is 1. The van der Waals surface area contributed by atoms with Gasteiger partial charge in [0.2, 0.25) is 0 Å². The van der Waals surface area contributed by atoms with Gasteiger partial charge in [-0.1, -0.05) is 68.4 Å². The highest BCUT2D eigenvalue weighted by Gasteiger charge is 2.17. The largest absolute Gasteiger partial charge is 0.454 e. The fourth-order valence-electron chi connectivity index (χ4n) is 3.08. The molecule has 0 aliphatic carbocycles. The van der Waals surface area contributed by atoms with E-state index in [4.69, 9.17) is 4.74 Å². The van der Waals surface area contributed by atoms with Crippen molar-refractivity contribution in [1.29, 1.82) is 0 Å². The second kappa shape index (κ2) is 10.3. The van der Waals surface area contributed by atoms with Gasteiger partial charge in [0, 0.05) is 11.1 Å². The Labute approximate surface area is 182 Å². The lowest BCUT2D eigenvalue weighted by atomic mass is 9.97. The Balaban J connectivity index is 1.64. The maximum atomic E-state index is 12.6. The number of hydrogen-bond acceptors (Lipinski definition) is 4. The van der Waals surface area contributed by atoms with Crippen LogP contribution in [0.15, 0.2) is 78.9 Å². The summed E-state index contributed by atoms with van der Waals surface area (Å²) in [7, 11) is 0. The van der Waals surface area contributed by atoms with Crippen LogP contribution in [-0.2, 0) is 4.74 Å². The highest BCUT2D eigenvalue weighted by Crippen LogP contribution is 2.20. The van der Waals surface area contributed by atoms with E-state index in [1.54, 1.807) is 60.7 Å². The fourth-order valence-corrected chi connectivity index (χ4v) is 3.08. The van der Waals surface area contributed by atoms with Gasteiger partial charge < -0.3 is 10.1 Å². The minimum Gasteiger partial charge on any atom is -0.454 e. The van der Waals surface area contributed by atoms with Gasteiger partial charge in [-0.25, -0.2) is 4.79 Å². The van der Waals surface area contributed by atoms with Crippen LogP contribution in [0.1, 0.15) is 62.8 Å². The number of ketones is 1. The molecule has 1 amide bonds. The molecule has 0 radical (unpaired) electrons. The van der Waals surface area contributed by atoms with Crippen LogP contribution in [-0.4, -0.2) is 24.3 Å². The van der Waals surface area contributed by atoms with Crippen molar-refractivity contribution in [1.82, 2.24) is 0 Å². The van der Waals surface area contributed by atoms with E-state index in [-0.39, 0.29) is 23.9 Å². The van der Waals surface area contributed by atoms with Crippen molar-refractivity contribution in [3.63, 3.8) is 0 Å². The Bertz CT molecular complexity index is 1060. The Morgan fingerprint density at radius 3 is 2.16 bits per heavy atom. The lowest BCUT2D eigenvalue weighted by Crippen LogP contribution is -2.18. The van der Waals surface area contributed by atoms with Crippen LogP contribution in [0.5, 0.6) is 0 Å². The minimum atomic E-state index is -0.673. The zero-order chi connectivity index (χ0) is 22.2. The number of benzene rings is 3. The summed E-state index contributed by atoms with van der Waals surface area (Å²) in [5, 5.41) is 2.72. The number of amides is 1. The smallest absolute Gasteiger partial charge is 0.340 e. The maximum absolute atomic E-state index is 12.6. The quantitative estimate of drug-likeness (QED) is 0.390. The molecule has 0 spiro atoms. The topological polar surface area (TPSA) is 72.5 Å². The fraction of sp³-hybridized carbons (Fsp3) is 0.192. The van der Waals surface area contributed by atoms with Crippen molar-refractivity contribution in [3.05, 3.63) is 101 Å². The Morgan fingerprint density at radius 2 is 1.48 bits per heavy atom. The third kappa shape index (κ3) is 5.66. The van der Waals surface area contributed by atoms with Gasteiger partial charge in [-0.3, -0.25) is 9.59 Å². The van der Waals surface area contributed by atoms with E-state index in [1.165, 1.54) is 5.56 Å². The summed E-state index contributed by atoms with van der Waals surface area (Å²) in [6.45, 7) is 3.87. The SMILES string of the molecule is CC[C@H](C)c1ccc(C(=O)COC(=O)c2ccccc2NC(=O)c2ccccc2)cc1. The molecule has 0 aliphatic rings. The van der Waals surface area contributed by atoms with Gasteiger partial charge in [-0.15, -0.1) is 0 Å². The number of rotatable bonds is 8. The number of ether oxygens (including phenoxy) is 1. The Morgan fingerprint density at radius 1 is 0.839 bits per heavy atom. The van der Waals surface area contributed by atoms with Gasteiger partial charge in [0.05, 0.1) is 11.3 Å². The van der Waals surface area contributed by atoms with Crippen LogP contribution in [0.2, 0.25) is 0 Å². The van der Waals surface area contributed by atoms with Crippen molar-refractivity contribution in [2.75, 3.05) is 11.9 Å². The van der Waals surface area contributed by atoms with Crippen molar-refractivity contribution < 1.29 is 19.1 Å². The van der Waals surface area contributed by atoms with Crippen molar-refractivity contribution in [2.45, 2.75) is 26.2 Å². The average molecular weight is 415 g/mol. The molecule has 3 rings (SSSR count). The summed E-state index contributed by atoms with van der Waals surface area (Å²) in [6, 6.07) is 22.6. The summed E-state index contributed by atoms with van der Waals surface area (Å²) in [5.41, 5.74) is 2.64. The van der Waals surface area contributed by atoms with Crippen molar-refractivity contribution in [3.8, 4) is 0 Å². The van der Waals surface area contributed by atoms with Gasteiger partial charge in [0.1, 0.15) is 0 Å². The number of para-hydroxylation sites is 1. The zero-order valence-corrected chi connectivity index (χ0v) is 17.6. The Kier molecular flexibility index (Phi) is 7.33. The Hall–Kier alpha value is -3.73. The first-order valence-corrected chi connectivity index (χ1v) is 10.2. The van der Waals surface area contributed by atoms with Crippen LogP contribution in [0.4, 0.5) is 5.69 Å². The van der Waals surface area contributed by atoms with Crippen LogP contribution < -0.4 is 5.32 Å². The molecule has 0 fully saturated rings. The molecular weight excluding hydrogens is 390 g/mol. The van der Waals surface area contributed by atoms with Gasteiger partial charge in [0.15, 0.2) is 12.4 Å². The summed E-state index contributed by atoms with van der Waals surface area (Å²) in [5.74, 6) is -0.869. The first kappa shape index (κ1) is 22.0. The predicted molar refractivity (Wildman–Crippen MR) is 121 cm³/mol. The second-order valence-corrected chi connectivity index (χ2v) is 7.30. The van der Waals surface area contributed by atoms with Crippen LogP contribution in [0.3, 0.4) is 0 Å². The molecule has 31 heavy (non-hydrogen) atoms. The number of carbonyl (C=O) groups is 3. The standard InChI is InChI=1S/C26H25NO4/c1-3-18(2)19-13-15-20(16-14-19)24(28)17-31-26(30)22-11-7-8-12-23(22)27-25(29)21-9-5-4-6-10-21/h4-16,18H,3,17H2,1-2H3,(H,27,29)/t18-/m0/s1. The monoisotopic (exact) mass is 415 g/mol. The summed E-state index contributed by atoms with van der Waals surface area (Å²) < 4.78 is 5.23. The van der Waals surface area contributed by atoms with Gasteiger partial charge in [-0.2, -0.15) is 0 Å². The highest BCUT2D eigenvalue weighted by atomic mass is 16.5. The van der Waals surface area contributed by atoms with Crippen molar-refractivity contribution in [2.24, 2.45) is 0 Å². The minimum absolute atomic E-state index is 0.187. The average Bonchev–Trinajstić information content (AvgIpc) is 2.82. The third-order valence-corrected chi connectivity index (χ3v) is 5.18. The molecule has 5 nitrogen and oxygen atoms in total. The van der Waals surface area contributed by atoms with E-state index >= 15 is 0 Å². The molecule has 0 aromatic heterocycles. The van der Waals surface area contributed by atoms with Crippen LogP contribution in [0, 0.1) is 0 Å². The van der Waals surface area contributed by atoms with Crippen LogP contribution in [0.25, 0.3) is 0 Å². The summed E-state index contributed by atoms with van der Waals surface area (Å²) in [6.07, 6.45) is 1.02. The molecule has 0 saturated carbocycles. The second-order valence-electron chi connectivity index (χ2n) is 7.30. The van der Waals surface area contributed by atoms with Crippen molar-refractivity contribution >= 4 is 23.3 Å². The number of Topliss-reactive ketones (excluding diaryl/α,β-unsaturated/α-hetero) is 1. The molecule has 3 aromatic carbocycles. The van der Waals surface area contributed by atoms with E-state index in [9.17, 15) is 14.4 Å². The first-order valence-electron chi connectivity index (χ1n) is 10.2. The van der Waals surface area contributed by atoms with E-state index in [0.29, 0.717) is 22.7 Å². The maximum Gasteiger partial charge on any atom is 0.340 e. The molecule has 1 N–H and O–H groups in total.